The van der Waals surface area contributed by atoms with Crippen molar-refractivity contribution in [1.82, 2.24) is 10.6 Å². The molecule has 0 aliphatic carbocycles. The van der Waals surface area contributed by atoms with Crippen LogP contribution >= 0.6 is 11.3 Å². The molecule has 0 radical (unpaired) electrons. The molecule has 4 nitrogen and oxygen atoms in total. The second kappa shape index (κ2) is 5.62. The van der Waals surface area contributed by atoms with Crippen LogP contribution in [0.15, 0.2) is 12.1 Å². The summed E-state index contributed by atoms with van der Waals surface area (Å²) in [6.45, 7) is 1.04. The minimum absolute atomic E-state index is 0.00600. The number of likely N-dealkylation sites (N-methyl/N-ethyl adjacent to an activating group) is 1. The normalized spacial score (nSPS) is 9.86. The molecule has 0 bridgehead atoms. The molecule has 78 valence electrons. The minimum atomic E-state index is -0.00600. The van der Waals surface area contributed by atoms with Gasteiger partial charge in [-0.1, -0.05) is 0 Å². The first-order valence-electron chi connectivity index (χ1n) is 4.30. The van der Waals surface area contributed by atoms with Gasteiger partial charge in [0.25, 0.3) is 0 Å². The second-order valence-corrected chi connectivity index (χ2v) is 3.83. The predicted molar refractivity (Wildman–Crippen MR) is 56.6 cm³/mol. The van der Waals surface area contributed by atoms with Crippen LogP contribution in [-0.4, -0.2) is 26.6 Å². The first-order chi connectivity index (χ1) is 6.76. The van der Waals surface area contributed by atoms with Gasteiger partial charge in [-0.2, -0.15) is 0 Å². The molecule has 0 saturated heterocycles. The maximum Gasteiger partial charge on any atom is 0.233 e. The molecule has 0 aliphatic heterocycles. The molecule has 1 rings (SSSR count). The van der Waals surface area contributed by atoms with E-state index < -0.39 is 0 Å². The summed E-state index contributed by atoms with van der Waals surface area (Å²) in [5.41, 5.74) is 0. The van der Waals surface area contributed by atoms with Gasteiger partial charge in [-0.25, -0.2) is 0 Å². The van der Waals surface area contributed by atoms with Crippen LogP contribution < -0.4 is 15.4 Å². The number of thiophene rings is 1. The predicted octanol–water partition coefficient (Wildman–Crippen LogP) is 0.592. The maximum absolute atomic E-state index is 10.9. The minimum Gasteiger partial charge on any atom is -0.487 e. The SMILES string of the molecule is CNC(=O)CNCc1ccc(OC)s1. The number of carbonyl (C=O) groups excluding carboxylic acids is 1. The first-order valence-corrected chi connectivity index (χ1v) is 5.12. The summed E-state index contributed by atoms with van der Waals surface area (Å²) >= 11 is 1.58. The van der Waals surface area contributed by atoms with Crippen LogP contribution in [0.2, 0.25) is 0 Å². The fraction of sp³-hybridized carbons (Fsp3) is 0.444. The molecule has 5 heteroatoms. The molecule has 0 unspecified atom stereocenters. The lowest BCUT2D eigenvalue weighted by Crippen LogP contribution is -2.30. The zero-order valence-electron chi connectivity index (χ0n) is 8.29. The molecule has 0 spiro atoms. The van der Waals surface area contributed by atoms with Gasteiger partial charge in [0.05, 0.1) is 13.7 Å². The quantitative estimate of drug-likeness (QED) is 0.754. The summed E-state index contributed by atoms with van der Waals surface area (Å²) in [4.78, 5) is 12.0. The summed E-state index contributed by atoms with van der Waals surface area (Å²) in [7, 11) is 3.27. The number of ether oxygens (including phenoxy) is 1. The average Bonchev–Trinajstić information content (AvgIpc) is 2.65. The highest BCUT2D eigenvalue weighted by molar-refractivity contribution is 7.13. The van der Waals surface area contributed by atoms with E-state index in [4.69, 9.17) is 4.74 Å². The van der Waals surface area contributed by atoms with Crippen molar-refractivity contribution in [1.29, 1.82) is 0 Å². The molecule has 0 aliphatic rings. The molecule has 0 aromatic carbocycles. The van der Waals surface area contributed by atoms with E-state index in [-0.39, 0.29) is 5.91 Å². The fourth-order valence-corrected chi connectivity index (χ4v) is 1.74. The highest BCUT2D eigenvalue weighted by Crippen LogP contribution is 2.23. The summed E-state index contributed by atoms with van der Waals surface area (Å²) < 4.78 is 5.05. The number of hydrogen-bond acceptors (Lipinski definition) is 4. The van der Waals surface area contributed by atoms with E-state index in [1.165, 1.54) is 0 Å². The molecule has 0 fully saturated rings. The van der Waals surface area contributed by atoms with E-state index in [0.717, 1.165) is 9.94 Å². The monoisotopic (exact) mass is 214 g/mol. The van der Waals surface area contributed by atoms with Gasteiger partial charge in [0.15, 0.2) is 5.06 Å². The second-order valence-electron chi connectivity index (χ2n) is 2.70. The third-order valence-corrected chi connectivity index (χ3v) is 2.75. The molecule has 0 atom stereocenters. The Morgan fingerprint density at radius 3 is 2.93 bits per heavy atom. The Labute approximate surface area is 87.3 Å². The molecule has 1 aromatic heterocycles. The largest absolute Gasteiger partial charge is 0.487 e. The maximum atomic E-state index is 10.9. The van der Waals surface area contributed by atoms with Gasteiger partial charge in [0.1, 0.15) is 0 Å². The van der Waals surface area contributed by atoms with E-state index in [2.05, 4.69) is 10.6 Å². The van der Waals surface area contributed by atoms with E-state index in [0.29, 0.717) is 13.1 Å². The summed E-state index contributed by atoms with van der Waals surface area (Å²) in [5.74, 6) is -0.00600. The molecular weight excluding hydrogens is 200 g/mol. The molecular formula is C9H14N2O2S. The molecule has 0 saturated carbocycles. The highest BCUT2D eigenvalue weighted by Gasteiger charge is 2.00. The van der Waals surface area contributed by atoms with Crippen molar-refractivity contribution in [3.05, 3.63) is 17.0 Å². The standard InChI is InChI=1S/C9H14N2O2S/c1-10-8(12)6-11-5-7-3-4-9(13-2)14-7/h3-4,11H,5-6H2,1-2H3,(H,10,12). The number of nitrogens with one attached hydrogen (secondary N) is 2. The van der Waals surface area contributed by atoms with Crippen molar-refractivity contribution in [2.24, 2.45) is 0 Å². The van der Waals surface area contributed by atoms with E-state index >= 15 is 0 Å². The topological polar surface area (TPSA) is 50.4 Å². The first kappa shape index (κ1) is 11.0. The van der Waals surface area contributed by atoms with Gasteiger partial charge in [0.2, 0.25) is 5.91 Å². The van der Waals surface area contributed by atoms with Gasteiger partial charge >= 0.3 is 0 Å². The fourth-order valence-electron chi connectivity index (χ4n) is 0.951. The highest BCUT2D eigenvalue weighted by atomic mass is 32.1. The number of methoxy groups -OCH3 is 1. The number of hydrogen-bond donors (Lipinski definition) is 2. The third kappa shape index (κ3) is 3.35. The summed E-state index contributed by atoms with van der Waals surface area (Å²) in [5, 5.41) is 6.47. The Hall–Kier alpha value is -1.07. The Bertz CT molecular complexity index is 299. The molecule has 2 N–H and O–H groups in total. The number of rotatable bonds is 5. The van der Waals surface area contributed by atoms with Gasteiger partial charge in [-0.05, 0) is 12.1 Å². The van der Waals surface area contributed by atoms with Crippen molar-refractivity contribution < 1.29 is 9.53 Å². The average molecular weight is 214 g/mol. The van der Waals surface area contributed by atoms with Crippen molar-refractivity contribution >= 4 is 17.2 Å². The van der Waals surface area contributed by atoms with Gasteiger partial charge in [-0.15, -0.1) is 11.3 Å². The zero-order valence-corrected chi connectivity index (χ0v) is 9.11. The van der Waals surface area contributed by atoms with Crippen LogP contribution in [0.1, 0.15) is 4.88 Å². The molecule has 1 aromatic rings. The number of amides is 1. The molecule has 1 heterocycles. The summed E-state index contributed by atoms with van der Waals surface area (Å²) in [6.07, 6.45) is 0. The van der Waals surface area contributed by atoms with Crippen LogP contribution in [0.5, 0.6) is 5.06 Å². The van der Waals surface area contributed by atoms with E-state index in [1.54, 1.807) is 25.5 Å². The Morgan fingerprint density at radius 1 is 1.57 bits per heavy atom. The Morgan fingerprint density at radius 2 is 2.36 bits per heavy atom. The Balaban J connectivity index is 2.27. The van der Waals surface area contributed by atoms with Gasteiger partial charge in [0, 0.05) is 18.5 Å². The smallest absolute Gasteiger partial charge is 0.233 e. The van der Waals surface area contributed by atoms with Crippen molar-refractivity contribution in [2.75, 3.05) is 20.7 Å². The third-order valence-electron chi connectivity index (χ3n) is 1.70. The lowest BCUT2D eigenvalue weighted by molar-refractivity contribution is -0.119. The molecule has 14 heavy (non-hydrogen) atoms. The Kier molecular flexibility index (Phi) is 4.42. The number of carbonyl (C=O) groups is 1. The van der Waals surface area contributed by atoms with Crippen LogP contribution in [0.25, 0.3) is 0 Å². The van der Waals surface area contributed by atoms with Crippen molar-refractivity contribution in [3.63, 3.8) is 0 Å². The summed E-state index contributed by atoms with van der Waals surface area (Å²) in [6, 6.07) is 3.90. The molecule has 1 amide bonds. The van der Waals surface area contributed by atoms with Crippen LogP contribution in [0, 0.1) is 0 Å². The zero-order chi connectivity index (χ0) is 10.4. The van der Waals surface area contributed by atoms with E-state index in [1.807, 2.05) is 12.1 Å². The van der Waals surface area contributed by atoms with Crippen molar-refractivity contribution in [3.8, 4) is 5.06 Å². The van der Waals surface area contributed by atoms with Crippen LogP contribution in [0.4, 0.5) is 0 Å². The van der Waals surface area contributed by atoms with Gasteiger partial charge in [-0.3, -0.25) is 4.79 Å². The van der Waals surface area contributed by atoms with Gasteiger partial charge < -0.3 is 15.4 Å². The van der Waals surface area contributed by atoms with Crippen molar-refractivity contribution in [2.45, 2.75) is 6.54 Å². The van der Waals surface area contributed by atoms with Crippen LogP contribution in [-0.2, 0) is 11.3 Å². The van der Waals surface area contributed by atoms with Crippen LogP contribution in [0.3, 0.4) is 0 Å². The lowest BCUT2D eigenvalue weighted by atomic mass is 10.4. The lowest BCUT2D eigenvalue weighted by Gasteiger charge is -2.00. The van der Waals surface area contributed by atoms with E-state index in [9.17, 15) is 4.79 Å².